The fourth-order valence-corrected chi connectivity index (χ4v) is 2.43. The number of aliphatic carboxylic acids is 1. The topological polar surface area (TPSA) is 77.8 Å². The number of likely N-dealkylation sites (tertiary alicyclic amines) is 1. The third-order valence-corrected chi connectivity index (χ3v) is 3.55. The van der Waals surface area contributed by atoms with Gasteiger partial charge in [-0.05, 0) is 11.6 Å². The lowest BCUT2D eigenvalue weighted by atomic mass is 10.1. The molecule has 2 N–H and O–H groups in total. The van der Waals surface area contributed by atoms with Gasteiger partial charge >= 0.3 is 5.97 Å². The molecule has 0 spiro atoms. The van der Waals surface area contributed by atoms with Crippen molar-refractivity contribution in [2.45, 2.75) is 25.0 Å². The van der Waals surface area contributed by atoms with E-state index in [2.05, 4.69) is 0 Å². The number of hydrogen-bond donors (Lipinski definition) is 2. The monoisotopic (exact) mass is 283 g/mol. The van der Waals surface area contributed by atoms with E-state index in [0.29, 0.717) is 10.6 Å². The molecule has 1 aromatic carbocycles. The van der Waals surface area contributed by atoms with E-state index in [0.717, 1.165) is 0 Å². The van der Waals surface area contributed by atoms with Crippen molar-refractivity contribution >= 4 is 23.5 Å². The van der Waals surface area contributed by atoms with Gasteiger partial charge in [-0.2, -0.15) is 0 Å². The van der Waals surface area contributed by atoms with E-state index in [4.69, 9.17) is 16.7 Å². The Labute approximate surface area is 115 Å². The maximum atomic E-state index is 12.1. The van der Waals surface area contributed by atoms with E-state index in [1.165, 1.54) is 4.90 Å². The lowest BCUT2D eigenvalue weighted by Gasteiger charge is -2.21. The standard InChI is InChI=1S/C13H14ClNO4/c14-10-4-2-1-3-8(10)5-12(17)15-7-9(16)6-11(15)13(18)19/h1-4,9,11,16H,5-7H2,(H,18,19)/t9?,11-/m0/s1. The van der Waals surface area contributed by atoms with Crippen LogP contribution in [0.25, 0.3) is 0 Å². The summed E-state index contributed by atoms with van der Waals surface area (Å²) in [5.41, 5.74) is 0.652. The first-order chi connectivity index (χ1) is 8.99. The van der Waals surface area contributed by atoms with Crippen molar-refractivity contribution < 1.29 is 19.8 Å². The molecule has 102 valence electrons. The van der Waals surface area contributed by atoms with E-state index in [9.17, 15) is 14.7 Å². The Morgan fingerprint density at radius 2 is 2.05 bits per heavy atom. The predicted octanol–water partition coefficient (Wildman–Crippen LogP) is 0.929. The summed E-state index contributed by atoms with van der Waals surface area (Å²) in [6, 6.07) is 5.98. The maximum Gasteiger partial charge on any atom is 0.326 e. The second-order valence-electron chi connectivity index (χ2n) is 4.56. The molecule has 2 atom stereocenters. The molecule has 1 aliphatic rings. The van der Waals surface area contributed by atoms with Crippen molar-refractivity contribution in [1.82, 2.24) is 4.90 Å². The van der Waals surface area contributed by atoms with Gasteiger partial charge in [0.05, 0.1) is 12.5 Å². The number of aliphatic hydroxyl groups is 1. The summed E-state index contributed by atoms with van der Waals surface area (Å²) >= 11 is 5.97. The molecular weight excluding hydrogens is 270 g/mol. The second kappa shape index (κ2) is 5.59. The SMILES string of the molecule is O=C(O)[C@@H]1CC(O)CN1C(=O)Cc1ccccc1Cl. The number of halogens is 1. The second-order valence-corrected chi connectivity index (χ2v) is 4.97. The van der Waals surface area contributed by atoms with E-state index >= 15 is 0 Å². The van der Waals surface area contributed by atoms with Gasteiger partial charge in [0.15, 0.2) is 0 Å². The Morgan fingerprint density at radius 3 is 2.68 bits per heavy atom. The molecule has 0 saturated carbocycles. The average molecular weight is 284 g/mol. The molecule has 0 bridgehead atoms. The molecule has 1 unspecified atom stereocenters. The number of β-amino-alcohol motifs (C(OH)–C–C–N with tert-alkyl or cyclic N) is 1. The van der Waals surface area contributed by atoms with Crippen LogP contribution in [0.15, 0.2) is 24.3 Å². The van der Waals surface area contributed by atoms with Crippen LogP contribution in [-0.2, 0) is 16.0 Å². The molecule has 19 heavy (non-hydrogen) atoms. The van der Waals surface area contributed by atoms with Crippen molar-refractivity contribution in [2.75, 3.05) is 6.54 Å². The van der Waals surface area contributed by atoms with Gasteiger partial charge in [-0.25, -0.2) is 4.79 Å². The van der Waals surface area contributed by atoms with Crippen LogP contribution in [0.5, 0.6) is 0 Å². The molecule has 1 fully saturated rings. The Kier molecular flexibility index (Phi) is 4.07. The molecular formula is C13H14ClNO4. The number of aliphatic hydroxyl groups excluding tert-OH is 1. The minimum Gasteiger partial charge on any atom is -0.480 e. The Hall–Kier alpha value is -1.59. The lowest BCUT2D eigenvalue weighted by molar-refractivity contribution is -0.148. The summed E-state index contributed by atoms with van der Waals surface area (Å²) in [5, 5.41) is 19.0. The maximum absolute atomic E-state index is 12.1. The van der Waals surface area contributed by atoms with Gasteiger partial charge in [-0.15, -0.1) is 0 Å². The van der Waals surface area contributed by atoms with Gasteiger partial charge < -0.3 is 15.1 Å². The van der Waals surface area contributed by atoms with Crippen LogP contribution in [0, 0.1) is 0 Å². The number of rotatable bonds is 3. The molecule has 1 amide bonds. The third kappa shape index (κ3) is 3.05. The largest absolute Gasteiger partial charge is 0.480 e. The zero-order valence-corrected chi connectivity index (χ0v) is 10.9. The molecule has 1 aromatic rings. The lowest BCUT2D eigenvalue weighted by Crippen LogP contribution is -2.41. The molecule has 0 aromatic heterocycles. The smallest absolute Gasteiger partial charge is 0.326 e. The van der Waals surface area contributed by atoms with Crippen LogP contribution < -0.4 is 0 Å². The highest BCUT2D eigenvalue weighted by atomic mass is 35.5. The molecule has 2 rings (SSSR count). The number of amides is 1. The van der Waals surface area contributed by atoms with Crippen molar-refractivity contribution in [3.05, 3.63) is 34.9 Å². The highest BCUT2D eigenvalue weighted by Crippen LogP contribution is 2.21. The third-order valence-electron chi connectivity index (χ3n) is 3.18. The zero-order valence-electron chi connectivity index (χ0n) is 10.1. The van der Waals surface area contributed by atoms with E-state index in [1.54, 1.807) is 24.3 Å². The number of hydrogen-bond acceptors (Lipinski definition) is 3. The van der Waals surface area contributed by atoms with Crippen molar-refractivity contribution in [2.24, 2.45) is 0 Å². The number of carboxylic acid groups (broad SMARTS) is 1. The fourth-order valence-electron chi connectivity index (χ4n) is 2.23. The number of carboxylic acids is 1. The van der Waals surface area contributed by atoms with Gasteiger partial charge in [0, 0.05) is 18.0 Å². The van der Waals surface area contributed by atoms with Crippen molar-refractivity contribution in [1.29, 1.82) is 0 Å². The molecule has 1 aliphatic heterocycles. The first-order valence-electron chi connectivity index (χ1n) is 5.92. The normalized spacial score (nSPS) is 22.5. The first kappa shape index (κ1) is 13.8. The van der Waals surface area contributed by atoms with Gasteiger partial charge in [-0.3, -0.25) is 4.79 Å². The predicted molar refractivity (Wildman–Crippen MR) is 68.9 cm³/mol. The summed E-state index contributed by atoms with van der Waals surface area (Å²) in [5.74, 6) is -1.43. The molecule has 6 heteroatoms. The number of nitrogens with zero attached hydrogens (tertiary/aromatic N) is 1. The fraction of sp³-hybridized carbons (Fsp3) is 0.385. The van der Waals surface area contributed by atoms with Gasteiger partial charge in [-0.1, -0.05) is 29.8 Å². The Bertz CT molecular complexity index is 505. The van der Waals surface area contributed by atoms with Crippen LogP contribution in [0.2, 0.25) is 5.02 Å². The first-order valence-corrected chi connectivity index (χ1v) is 6.30. The van der Waals surface area contributed by atoms with Gasteiger partial charge in [0.1, 0.15) is 6.04 Å². The van der Waals surface area contributed by atoms with Crippen LogP contribution in [0.1, 0.15) is 12.0 Å². The molecule has 1 saturated heterocycles. The summed E-state index contributed by atoms with van der Waals surface area (Å²) in [6.45, 7) is 0.0558. The van der Waals surface area contributed by atoms with E-state index in [-0.39, 0.29) is 25.3 Å². The number of carbonyl (C=O) groups is 2. The highest BCUT2D eigenvalue weighted by Gasteiger charge is 2.38. The summed E-state index contributed by atoms with van der Waals surface area (Å²) in [6.07, 6.45) is -0.670. The molecule has 5 nitrogen and oxygen atoms in total. The summed E-state index contributed by atoms with van der Waals surface area (Å²) in [7, 11) is 0. The van der Waals surface area contributed by atoms with E-state index < -0.39 is 18.1 Å². The van der Waals surface area contributed by atoms with Crippen LogP contribution >= 0.6 is 11.6 Å². The summed E-state index contributed by atoms with van der Waals surface area (Å²) < 4.78 is 0. The van der Waals surface area contributed by atoms with E-state index in [1.807, 2.05) is 0 Å². The molecule has 0 aliphatic carbocycles. The molecule has 0 radical (unpaired) electrons. The number of carbonyl (C=O) groups excluding carboxylic acids is 1. The average Bonchev–Trinajstić information content (AvgIpc) is 2.74. The minimum atomic E-state index is -1.09. The van der Waals surface area contributed by atoms with Crippen LogP contribution in [0.3, 0.4) is 0 Å². The van der Waals surface area contributed by atoms with Gasteiger partial charge in [0.2, 0.25) is 5.91 Å². The summed E-state index contributed by atoms with van der Waals surface area (Å²) in [4.78, 5) is 24.4. The van der Waals surface area contributed by atoms with Crippen molar-refractivity contribution in [3.8, 4) is 0 Å². The van der Waals surface area contributed by atoms with Crippen LogP contribution in [-0.4, -0.2) is 45.7 Å². The van der Waals surface area contributed by atoms with Gasteiger partial charge in [0.25, 0.3) is 0 Å². The quantitative estimate of drug-likeness (QED) is 0.865. The Morgan fingerprint density at radius 1 is 1.37 bits per heavy atom. The van der Waals surface area contributed by atoms with Crippen LogP contribution in [0.4, 0.5) is 0 Å². The Balaban J connectivity index is 2.11. The number of benzene rings is 1. The zero-order chi connectivity index (χ0) is 14.0. The minimum absolute atomic E-state index is 0.0379. The highest BCUT2D eigenvalue weighted by molar-refractivity contribution is 6.31. The van der Waals surface area contributed by atoms with Crippen molar-refractivity contribution in [3.63, 3.8) is 0 Å². The molecule has 1 heterocycles.